The Morgan fingerprint density at radius 1 is 0.450 bits per heavy atom. The predicted octanol–water partition coefficient (Wildman–Crippen LogP) is 8.56. The predicted molar refractivity (Wildman–Crippen MR) is 105 cm³/mol. The molecule has 4 fully saturated rings. The molecule has 0 aromatic carbocycles. The van der Waals surface area contributed by atoms with E-state index in [1.165, 1.54) is 54.8 Å². The molecule has 0 aliphatic heterocycles. The van der Waals surface area contributed by atoms with Crippen LogP contribution in [0, 0.1) is 29.1 Å². The third-order valence-corrected chi connectivity index (χ3v) is 4.42. The Morgan fingerprint density at radius 3 is 0.550 bits per heavy atom. The zero-order valence-corrected chi connectivity index (χ0v) is 9.64. The van der Waals surface area contributed by atoms with Crippen molar-refractivity contribution in [1.29, 1.82) is 0 Å². The minimum absolute atomic E-state index is 0. The molecule has 0 saturated heterocycles. The van der Waals surface area contributed by atoms with Crippen LogP contribution >= 0.6 is 0 Å². The van der Waals surface area contributed by atoms with Gasteiger partial charge in [-0.15, -0.1) is 0 Å². The van der Waals surface area contributed by atoms with Gasteiger partial charge in [0.25, 0.3) is 0 Å². The van der Waals surface area contributed by atoms with Gasteiger partial charge in [0.05, 0.1) is 0 Å². The van der Waals surface area contributed by atoms with E-state index >= 15 is 0 Å². The summed E-state index contributed by atoms with van der Waals surface area (Å²) in [5.41, 5.74) is 1.17. The van der Waals surface area contributed by atoms with E-state index in [0.29, 0.717) is 0 Å². The van der Waals surface area contributed by atoms with Crippen LogP contribution in [-0.2, 0) is 0 Å². The van der Waals surface area contributed by atoms with Crippen molar-refractivity contribution in [2.45, 2.75) is 105 Å². The van der Waals surface area contributed by atoms with E-state index in [9.17, 15) is 0 Å². The van der Waals surface area contributed by atoms with Crippen LogP contribution in [0.5, 0.6) is 0 Å². The summed E-state index contributed by atoms with van der Waals surface area (Å²) in [6.45, 7) is 8.72. The molecule has 0 atom stereocenters. The van der Waals surface area contributed by atoms with Crippen molar-refractivity contribution in [1.82, 2.24) is 0 Å². The highest BCUT2D eigenvalue weighted by Crippen LogP contribution is 3.24. The second-order valence-electron chi connectivity index (χ2n) is 5.10. The lowest BCUT2D eigenvalue weighted by Crippen LogP contribution is -2.00. The molecule has 0 nitrogen and oxygen atoms in total. The number of unbranched alkanes of at least 4 members (excludes halogenated alkanes) is 2. The molecule has 0 unspecified atom stereocenters. The highest BCUT2D eigenvalue weighted by Gasteiger charge is 3.21. The van der Waals surface area contributed by atoms with Crippen LogP contribution in [-0.4, -0.2) is 0 Å². The Bertz CT molecular complexity index is 141. The summed E-state index contributed by atoms with van der Waals surface area (Å²) >= 11 is 0. The second kappa shape index (κ2) is 12.7. The van der Waals surface area contributed by atoms with Crippen molar-refractivity contribution in [3.8, 4) is 0 Å². The molecule has 0 N–H and O–H groups in total. The lowest BCUT2D eigenvalue weighted by molar-refractivity contribution is 0.434. The van der Waals surface area contributed by atoms with Crippen molar-refractivity contribution in [2.24, 2.45) is 29.1 Å². The van der Waals surface area contributed by atoms with E-state index < -0.39 is 0 Å². The van der Waals surface area contributed by atoms with E-state index in [4.69, 9.17) is 0 Å². The fraction of sp³-hybridized carbons (Fsp3) is 1.00. The van der Waals surface area contributed by atoms with E-state index in [1.807, 2.05) is 0 Å². The zero-order valence-electron chi connectivity index (χ0n) is 9.64. The Balaban J connectivity index is -0.0000000318. The Labute approximate surface area is 135 Å². The number of hydrogen-bond donors (Lipinski definition) is 0. The standard InChI is InChI=1S/C5H4.2C4H10.7CH4/c1-2-4-3(1)5(1,2)4;2*1-3-4-2;;;;;;;/h1-4H;2*3-4H2,1-2H3;7*1H4. The van der Waals surface area contributed by atoms with Gasteiger partial charge in [0.2, 0.25) is 0 Å². The summed E-state index contributed by atoms with van der Waals surface area (Å²) < 4.78 is 0. The topological polar surface area (TPSA) is 0 Å². The van der Waals surface area contributed by atoms with Crippen LogP contribution in [0.3, 0.4) is 0 Å². The third kappa shape index (κ3) is 4.50. The summed E-state index contributed by atoms with van der Waals surface area (Å²) in [5, 5.41) is 0. The first kappa shape index (κ1) is 36.8. The normalized spacial score (nSPS) is 34.2. The zero-order chi connectivity index (χ0) is 9.64. The van der Waals surface area contributed by atoms with E-state index in [-0.39, 0.29) is 52.0 Å². The van der Waals surface area contributed by atoms with Gasteiger partial charge in [-0.3, -0.25) is 0 Å². The largest absolute Gasteiger partial charge is 0.0776 e. The average molecular weight is 293 g/mol. The summed E-state index contributed by atoms with van der Waals surface area (Å²) in [5.74, 6) is 5.42. The highest BCUT2D eigenvalue weighted by atomic mass is 15.2. The smallest absolute Gasteiger partial charge is 0.0161 e. The van der Waals surface area contributed by atoms with Crippen LogP contribution in [0.2, 0.25) is 0 Å². The Hall–Kier alpha value is 0. The molecule has 4 rings (SSSR count). The van der Waals surface area contributed by atoms with Gasteiger partial charge in [0, 0.05) is 0 Å². The van der Waals surface area contributed by atoms with Crippen LogP contribution in [0.1, 0.15) is 105 Å². The number of hydrogen-bond acceptors (Lipinski definition) is 0. The van der Waals surface area contributed by atoms with Crippen LogP contribution in [0.25, 0.3) is 0 Å². The highest BCUT2D eigenvalue weighted by molar-refractivity contribution is 5.67. The van der Waals surface area contributed by atoms with Crippen molar-refractivity contribution in [2.75, 3.05) is 0 Å². The van der Waals surface area contributed by atoms with Gasteiger partial charge >= 0.3 is 0 Å². The van der Waals surface area contributed by atoms with Gasteiger partial charge in [-0.25, -0.2) is 0 Å². The van der Waals surface area contributed by atoms with Crippen LogP contribution in [0.15, 0.2) is 0 Å². The molecule has 0 heterocycles. The summed E-state index contributed by atoms with van der Waals surface area (Å²) in [6.07, 6.45) is 5.28. The number of fused-ring (bicyclic) bond motifs is 4. The lowest BCUT2D eigenvalue weighted by atomic mass is 10.0. The average Bonchev–Trinajstić information content (AvgIpc) is 2.92. The SMILES string of the molecule is C.C.C.C.C.C.C.C12C3C4C1C234.CCCC.CCCC. The third-order valence-electron chi connectivity index (χ3n) is 4.42. The van der Waals surface area contributed by atoms with E-state index in [2.05, 4.69) is 27.7 Å². The maximum atomic E-state index is 2.18. The first-order chi connectivity index (χ1) is 6.32. The van der Waals surface area contributed by atoms with E-state index in [0.717, 1.165) is 0 Å². The van der Waals surface area contributed by atoms with Gasteiger partial charge in [-0.1, -0.05) is 105 Å². The summed E-state index contributed by atoms with van der Waals surface area (Å²) in [7, 11) is 0. The molecule has 4 saturated carbocycles. The van der Waals surface area contributed by atoms with Gasteiger partial charge in [-0.2, -0.15) is 0 Å². The lowest BCUT2D eigenvalue weighted by Gasteiger charge is -2.03. The fourth-order valence-electron chi connectivity index (χ4n) is 2.66. The maximum Gasteiger partial charge on any atom is -0.0161 e. The molecule has 4 aliphatic rings. The first-order valence-corrected chi connectivity index (χ1v) is 6.32. The van der Waals surface area contributed by atoms with Crippen LogP contribution < -0.4 is 0 Å². The first-order valence-electron chi connectivity index (χ1n) is 6.32. The molecule has 20 heavy (non-hydrogen) atoms. The van der Waals surface area contributed by atoms with Crippen molar-refractivity contribution < 1.29 is 0 Å². The monoisotopic (exact) mass is 292 g/mol. The second-order valence-corrected chi connectivity index (χ2v) is 5.10. The Kier molecular flexibility index (Phi) is 23.4. The number of rotatable bonds is 2. The van der Waals surface area contributed by atoms with Gasteiger partial charge in [0.15, 0.2) is 0 Å². The van der Waals surface area contributed by atoms with Gasteiger partial charge in [-0.05, 0) is 29.1 Å². The van der Waals surface area contributed by atoms with Crippen molar-refractivity contribution >= 4 is 0 Å². The Morgan fingerprint density at radius 2 is 0.550 bits per heavy atom. The molecular weight excluding hydrogens is 240 g/mol. The van der Waals surface area contributed by atoms with Crippen LogP contribution in [0.4, 0.5) is 0 Å². The maximum absolute atomic E-state index is 2.18. The molecule has 0 aromatic rings. The molecular formula is C20H52. The quantitative estimate of drug-likeness (QED) is 0.478. The summed E-state index contributed by atoms with van der Waals surface area (Å²) in [4.78, 5) is 0. The van der Waals surface area contributed by atoms with Gasteiger partial charge < -0.3 is 0 Å². The van der Waals surface area contributed by atoms with E-state index in [1.54, 1.807) is 0 Å². The minimum Gasteiger partial charge on any atom is -0.0776 e. The minimum atomic E-state index is 0. The molecule has 0 radical (unpaired) electrons. The molecule has 132 valence electrons. The molecule has 0 amide bonds. The summed E-state index contributed by atoms with van der Waals surface area (Å²) in [6, 6.07) is 0. The molecule has 4 aliphatic carbocycles. The van der Waals surface area contributed by atoms with Gasteiger partial charge in [0.1, 0.15) is 0 Å². The molecule has 0 bridgehead atoms. The van der Waals surface area contributed by atoms with Crippen molar-refractivity contribution in [3.63, 3.8) is 0 Å². The fourth-order valence-corrected chi connectivity index (χ4v) is 2.66. The van der Waals surface area contributed by atoms with Crippen molar-refractivity contribution in [3.05, 3.63) is 0 Å². The molecule has 0 aromatic heterocycles. The molecule has 1 spiro atoms. The molecule has 0 heteroatoms.